The summed E-state index contributed by atoms with van der Waals surface area (Å²) in [6, 6.07) is 0. The van der Waals surface area contributed by atoms with E-state index in [0.717, 1.165) is 23.7 Å². The monoisotopic (exact) mass is 231 g/mol. The Hall–Kier alpha value is -1.65. The molecule has 17 heavy (non-hydrogen) atoms. The maximum atomic E-state index is 4.24. The topological polar surface area (TPSA) is 48.5 Å². The predicted octanol–water partition coefficient (Wildman–Crippen LogP) is 1.73. The van der Waals surface area contributed by atoms with Crippen molar-refractivity contribution in [3.8, 4) is 5.69 Å². The number of hydrogen-bond donors (Lipinski definition) is 0. The van der Waals surface area contributed by atoms with Gasteiger partial charge >= 0.3 is 0 Å². The fourth-order valence-electron chi connectivity index (χ4n) is 2.55. The van der Waals surface area contributed by atoms with Crippen LogP contribution in [0.5, 0.6) is 0 Å². The molecular formula is C12H17N5. The van der Waals surface area contributed by atoms with Gasteiger partial charge in [-0.2, -0.15) is 5.10 Å². The highest BCUT2D eigenvalue weighted by molar-refractivity contribution is 5.23. The van der Waals surface area contributed by atoms with Crippen molar-refractivity contribution in [2.75, 3.05) is 0 Å². The molecule has 1 fully saturated rings. The summed E-state index contributed by atoms with van der Waals surface area (Å²) in [5.41, 5.74) is 2.07. The van der Waals surface area contributed by atoms with E-state index in [0.29, 0.717) is 0 Å². The van der Waals surface area contributed by atoms with E-state index in [4.69, 9.17) is 0 Å². The van der Waals surface area contributed by atoms with Gasteiger partial charge in [-0.15, -0.1) is 5.10 Å². The van der Waals surface area contributed by atoms with Crippen molar-refractivity contribution in [3.05, 3.63) is 24.3 Å². The van der Waals surface area contributed by atoms with Crippen LogP contribution >= 0.6 is 0 Å². The van der Waals surface area contributed by atoms with Crippen molar-refractivity contribution in [2.24, 2.45) is 13.0 Å². The van der Waals surface area contributed by atoms with Gasteiger partial charge in [-0.05, 0) is 12.3 Å². The number of nitrogens with zero attached hydrogens (tertiary/aromatic N) is 5. The molecule has 2 heterocycles. The van der Waals surface area contributed by atoms with E-state index in [1.54, 1.807) is 15.6 Å². The smallest absolute Gasteiger partial charge is 0.104 e. The molecule has 0 spiro atoms. The van der Waals surface area contributed by atoms with Crippen LogP contribution in [0, 0.1) is 5.92 Å². The molecule has 2 aromatic rings. The molecule has 1 aliphatic carbocycles. The Morgan fingerprint density at radius 2 is 2.12 bits per heavy atom. The van der Waals surface area contributed by atoms with Crippen LogP contribution in [-0.4, -0.2) is 24.8 Å². The Morgan fingerprint density at radius 1 is 1.29 bits per heavy atom. The Morgan fingerprint density at radius 3 is 2.82 bits per heavy atom. The Labute approximate surface area is 100 Å². The highest BCUT2D eigenvalue weighted by Crippen LogP contribution is 2.27. The van der Waals surface area contributed by atoms with Gasteiger partial charge in [-0.25, -0.2) is 4.68 Å². The molecule has 0 radical (unpaired) electrons. The van der Waals surface area contributed by atoms with Crippen LogP contribution in [0.3, 0.4) is 0 Å². The van der Waals surface area contributed by atoms with Gasteiger partial charge in [-0.1, -0.05) is 30.9 Å². The summed E-state index contributed by atoms with van der Waals surface area (Å²) in [5, 5.41) is 12.5. The van der Waals surface area contributed by atoms with E-state index in [9.17, 15) is 0 Å². The Bertz CT molecular complexity index is 492. The molecule has 1 aliphatic rings. The second-order valence-electron chi connectivity index (χ2n) is 4.88. The van der Waals surface area contributed by atoms with E-state index in [2.05, 4.69) is 15.4 Å². The fourth-order valence-corrected chi connectivity index (χ4v) is 2.55. The van der Waals surface area contributed by atoms with E-state index in [1.807, 2.05) is 19.4 Å². The van der Waals surface area contributed by atoms with Crippen molar-refractivity contribution in [2.45, 2.75) is 32.1 Å². The summed E-state index contributed by atoms with van der Waals surface area (Å²) in [4.78, 5) is 0. The van der Waals surface area contributed by atoms with Crippen molar-refractivity contribution >= 4 is 0 Å². The summed E-state index contributed by atoms with van der Waals surface area (Å²) in [6.45, 7) is 0. The van der Waals surface area contributed by atoms with E-state index in [1.165, 1.54) is 25.7 Å². The van der Waals surface area contributed by atoms with E-state index >= 15 is 0 Å². The third-order valence-electron chi connectivity index (χ3n) is 3.47. The molecule has 0 unspecified atom stereocenters. The minimum atomic E-state index is 0.814. The number of aromatic nitrogens is 5. The molecule has 3 rings (SSSR count). The second kappa shape index (κ2) is 4.31. The van der Waals surface area contributed by atoms with Crippen molar-refractivity contribution in [1.29, 1.82) is 0 Å². The van der Waals surface area contributed by atoms with Crippen LogP contribution in [0.25, 0.3) is 5.69 Å². The van der Waals surface area contributed by atoms with Crippen LogP contribution in [0.1, 0.15) is 31.4 Å². The van der Waals surface area contributed by atoms with Crippen molar-refractivity contribution < 1.29 is 0 Å². The fraction of sp³-hybridized carbons (Fsp3) is 0.583. The van der Waals surface area contributed by atoms with Gasteiger partial charge in [-0.3, -0.25) is 4.68 Å². The molecule has 5 nitrogen and oxygen atoms in total. The lowest BCUT2D eigenvalue weighted by atomic mass is 10.0. The third-order valence-corrected chi connectivity index (χ3v) is 3.47. The first-order valence-corrected chi connectivity index (χ1v) is 6.21. The zero-order valence-corrected chi connectivity index (χ0v) is 10.1. The van der Waals surface area contributed by atoms with Crippen LogP contribution in [-0.2, 0) is 13.5 Å². The van der Waals surface area contributed by atoms with Crippen LogP contribution in [0.2, 0.25) is 0 Å². The number of hydrogen-bond acceptors (Lipinski definition) is 3. The SMILES string of the molecule is Cn1cc(-n2cc(CC3CCCC3)nn2)cn1. The first kappa shape index (κ1) is 10.5. The summed E-state index contributed by atoms with van der Waals surface area (Å²) in [7, 11) is 1.90. The maximum Gasteiger partial charge on any atom is 0.104 e. The molecular weight excluding hydrogens is 214 g/mol. The molecule has 5 heteroatoms. The zero-order valence-electron chi connectivity index (χ0n) is 10.1. The molecule has 0 saturated heterocycles. The van der Waals surface area contributed by atoms with E-state index in [-0.39, 0.29) is 0 Å². The van der Waals surface area contributed by atoms with Gasteiger partial charge in [0.1, 0.15) is 5.69 Å². The quantitative estimate of drug-likeness (QED) is 0.808. The predicted molar refractivity (Wildman–Crippen MR) is 63.8 cm³/mol. The third kappa shape index (κ3) is 2.23. The largest absolute Gasteiger partial charge is 0.274 e. The lowest BCUT2D eigenvalue weighted by molar-refractivity contribution is 0.538. The van der Waals surface area contributed by atoms with Crippen LogP contribution in [0.4, 0.5) is 0 Å². The van der Waals surface area contributed by atoms with Gasteiger partial charge < -0.3 is 0 Å². The molecule has 0 aromatic carbocycles. The molecule has 0 atom stereocenters. The van der Waals surface area contributed by atoms with Gasteiger partial charge in [0.05, 0.1) is 24.3 Å². The molecule has 0 N–H and O–H groups in total. The summed E-state index contributed by atoms with van der Waals surface area (Å²) in [5.74, 6) is 0.814. The first-order chi connectivity index (χ1) is 8.31. The molecule has 0 bridgehead atoms. The average Bonchev–Trinajstić information content (AvgIpc) is 2.99. The van der Waals surface area contributed by atoms with Gasteiger partial charge in [0.25, 0.3) is 0 Å². The van der Waals surface area contributed by atoms with Crippen LogP contribution < -0.4 is 0 Å². The highest BCUT2D eigenvalue weighted by atomic mass is 15.4. The summed E-state index contributed by atoms with van der Waals surface area (Å²) in [6.07, 6.45) is 12.3. The summed E-state index contributed by atoms with van der Waals surface area (Å²) < 4.78 is 3.57. The lowest BCUT2D eigenvalue weighted by Crippen LogP contribution is -1.98. The van der Waals surface area contributed by atoms with Crippen molar-refractivity contribution in [3.63, 3.8) is 0 Å². The average molecular weight is 231 g/mol. The highest BCUT2D eigenvalue weighted by Gasteiger charge is 2.17. The molecule has 0 amide bonds. The minimum absolute atomic E-state index is 0.814. The van der Waals surface area contributed by atoms with E-state index < -0.39 is 0 Å². The molecule has 90 valence electrons. The number of rotatable bonds is 3. The molecule has 1 saturated carbocycles. The first-order valence-electron chi connectivity index (χ1n) is 6.21. The maximum absolute atomic E-state index is 4.24. The van der Waals surface area contributed by atoms with Crippen LogP contribution in [0.15, 0.2) is 18.6 Å². The number of aryl methyl sites for hydroxylation is 1. The Kier molecular flexibility index (Phi) is 2.66. The van der Waals surface area contributed by atoms with Gasteiger partial charge in [0, 0.05) is 7.05 Å². The Balaban J connectivity index is 1.73. The van der Waals surface area contributed by atoms with Gasteiger partial charge in [0.2, 0.25) is 0 Å². The second-order valence-corrected chi connectivity index (χ2v) is 4.88. The summed E-state index contributed by atoms with van der Waals surface area (Å²) >= 11 is 0. The van der Waals surface area contributed by atoms with Gasteiger partial charge in [0.15, 0.2) is 0 Å². The molecule has 2 aromatic heterocycles. The molecule has 0 aliphatic heterocycles. The minimum Gasteiger partial charge on any atom is -0.274 e. The normalized spacial score (nSPS) is 16.8. The standard InChI is InChI=1S/C12H17N5/c1-16-9-12(7-13-16)17-8-11(14-15-17)6-10-4-2-3-5-10/h7-10H,2-6H2,1H3. The van der Waals surface area contributed by atoms with Crippen molar-refractivity contribution in [1.82, 2.24) is 24.8 Å². The zero-order chi connectivity index (χ0) is 11.7. The lowest BCUT2D eigenvalue weighted by Gasteiger charge is -2.03.